The molecule has 0 atom stereocenters. The number of hydrogen-bond donors (Lipinski definition) is 0. The molecule has 9 heteroatoms. The maximum absolute atomic E-state index is 12.5. The van der Waals surface area contributed by atoms with Gasteiger partial charge in [-0.15, -0.1) is 5.54 Å². The number of nitrogens with zero attached hydrogens (tertiary/aromatic N) is 1. The molecule has 1 heterocycles. The third-order valence-electron chi connectivity index (χ3n) is 3.88. The number of aromatic nitrogens is 1. The number of rotatable bonds is 3. The van der Waals surface area contributed by atoms with E-state index in [4.69, 9.17) is 0 Å². The molecule has 2 aromatic carbocycles. The van der Waals surface area contributed by atoms with Crippen molar-refractivity contribution >= 4 is 29.1 Å². The molecule has 0 aliphatic heterocycles. The summed E-state index contributed by atoms with van der Waals surface area (Å²) in [7, 11) is -7.17. The summed E-state index contributed by atoms with van der Waals surface area (Å²) < 4.78 is 65.8. The zero-order valence-corrected chi connectivity index (χ0v) is 17.7. The molecule has 3 aromatic rings. The number of alkyl halides is 3. The predicted molar refractivity (Wildman–Crippen MR) is 109 cm³/mol. The van der Waals surface area contributed by atoms with Gasteiger partial charge >= 0.3 is 15.6 Å². The minimum Gasteiger partial charge on any atom is -0.376 e. The fourth-order valence-corrected chi connectivity index (χ4v) is 3.51. The van der Waals surface area contributed by atoms with Crippen molar-refractivity contribution in [3.63, 3.8) is 0 Å². The maximum Gasteiger partial charge on any atom is 0.534 e. The van der Waals surface area contributed by atoms with Crippen LogP contribution < -0.4 is 4.18 Å². The lowest BCUT2D eigenvalue weighted by Gasteiger charge is -2.10. The van der Waals surface area contributed by atoms with Crippen molar-refractivity contribution in [1.29, 1.82) is 0 Å². The summed E-state index contributed by atoms with van der Waals surface area (Å²) in [5, 5.41) is 0.544. The fourth-order valence-electron chi connectivity index (χ4n) is 2.54. The molecule has 0 radical (unpaired) electrons. The quantitative estimate of drug-likeness (QED) is 0.248. The number of halogens is 3. The number of hydrogen-bond acceptors (Lipinski definition) is 3. The first-order valence-electron chi connectivity index (χ1n) is 8.61. The Kier molecular flexibility index (Phi) is 5.27. The van der Waals surface area contributed by atoms with Crippen molar-refractivity contribution < 1.29 is 25.8 Å². The molecule has 0 aliphatic rings. The first-order chi connectivity index (χ1) is 13.4. The van der Waals surface area contributed by atoms with Crippen LogP contribution in [0.1, 0.15) is 5.56 Å². The second kappa shape index (κ2) is 7.28. The molecule has 29 heavy (non-hydrogen) atoms. The molecule has 0 saturated heterocycles. The van der Waals surface area contributed by atoms with Crippen LogP contribution in [0.25, 0.3) is 16.6 Å². The second-order valence-corrected chi connectivity index (χ2v) is 13.7. The topological polar surface area (TPSA) is 48.3 Å². The highest BCUT2D eigenvalue weighted by Gasteiger charge is 2.48. The molecule has 0 amide bonds. The van der Waals surface area contributed by atoms with Gasteiger partial charge in [-0.1, -0.05) is 25.6 Å². The summed E-state index contributed by atoms with van der Waals surface area (Å²) in [6, 6.07) is 13.2. The van der Waals surface area contributed by atoms with Crippen LogP contribution >= 0.6 is 0 Å². The largest absolute Gasteiger partial charge is 0.534 e. The monoisotopic (exact) mass is 437 g/mol. The summed E-state index contributed by atoms with van der Waals surface area (Å²) in [6.07, 6.45) is 1.75. The van der Waals surface area contributed by atoms with Crippen molar-refractivity contribution in [2.75, 3.05) is 0 Å². The van der Waals surface area contributed by atoms with Gasteiger partial charge in [0.05, 0.1) is 5.52 Å². The molecule has 0 spiro atoms. The normalized spacial score (nSPS) is 12.5. The van der Waals surface area contributed by atoms with Crippen LogP contribution in [-0.2, 0) is 10.1 Å². The van der Waals surface area contributed by atoms with Crippen molar-refractivity contribution in [1.82, 2.24) is 4.57 Å². The van der Waals surface area contributed by atoms with E-state index in [0.717, 1.165) is 11.3 Å². The minimum atomic E-state index is -5.70. The summed E-state index contributed by atoms with van der Waals surface area (Å²) in [4.78, 5) is 0. The Bertz CT molecular complexity index is 1210. The fraction of sp³-hybridized carbons (Fsp3) is 0.200. The first-order valence-corrected chi connectivity index (χ1v) is 13.5. The average Bonchev–Trinajstić information content (AvgIpc) is 3.01. The Balaban J connectivity index is 1.90. The van der Waals surface area contributed by atoms with E-state index in [2.05, 4.69) is 35.3 Å². The van der Waals surface area contributed by atoms with E-state index in [0.29, 0.717) is 10.9 Å². The third-order valence-corrected chi connectivity index (χ3v) is 5.73. The highest BCUT2D eigenvalue weighted by Crippen LogP contribution is 2.30. The van der Waals surface area contributed by atoms with Crippen molar-refractivity contribution in [2.24, 2.45) is 0 Å². The molecular formula is C20H18F3NO3SSi. The van der Waals surface area contributed by atoms with Gasteiger partial charge in [-0.05, 0) is 48.5 Å². The third kappa shape index (κ3) is 4.83. The van der Waals surface area contributed by atoms with Gasteiger partial charge < -0.3 is 8.75 Å². The standard InChI is InChI=1S/C20H18F3NO3SSi/c1-29(2,3)13-11-15-4-6-17(7-5-15)24-12-10-16-14-18(8-9-19(16)24)27-28(25,26)20(21,22)23/h4-10,12,14H,1-3H3. The van der Waals surface area contributed by atoms with E-state index in [1.54, 1.807) is 12.3 Å². The zero-order valence-electron chi connectivity index (χ0n) is 15.9. The zero-order chi connectivity index (χ0) is 21.4. The van der Waals surface area contributed by atoms with Crippen molar-refractivity contribution in [3.05, 3.63) is 60.3 Å². The van der Waals surface area contributed by atoms with Gasteiger partial charge in [0.15, 0.2) is 0 Å². The lowest BCUT2D eigenvalue weighted by atomic mass is 10.2. The van der Waals surface area contributed by atoms with E-state index in [-0.39, 0.29) is 0 Å². The van der Waals surface area contributed by atoms with Crippen LogP contribution in [0.2, 0.25) is 19.6 Å². The van der Waals surface area contributed by atoms with Gasteiger partial charge in [0.25, 0.3) is 0 Å². The minimum absolute atomic E-state index is 0.399. The van der Waals surface area contributed by atoms with Crippen LogP contribution in [-0.4, -0.2) is 26.6 Å². The molecule has 0 saturated carbocycles. The van der Waals surface area contributed by atoms with Crippen LogP contribution in [0, 0.1) is 11.5 Å². The van der Waals surface area contributed by atoms with E-state index >= 15 is 0 Å². The Morgan fingerprint density at radius 1 is 1.00 bits per heavy atom. The van der Waals surface area contributed by atoms with E-state index in [1.807, 2.05) is 28.8 Å². The Morgan fingerprint density at radius 2 is 1.66 bits per heavy atom. The second-order valence-electron chi connectivity index (χ2n) is 7.44. The van der Waals surface area contributed by atoms with E-state index < -0.39 is 29.4 Å². The summed E-state index contributed by atoms with van der Waals surface area (Å²) in [5.74, 6) is 2.77. The number of fused-ring (bicyclic) bond motifs is 1. The highest BCUT2D eigenvalue weighted by atomic mass is 32.2. The highest BCUT2D eigenvalue weighted by molar-refractivity contribution is 7.88. The SMILES string of the molecule is C[Si](C)(C)C#Cc1ccc(-n2ccc3cc(OS(=O)(=O)C(F)(F)F)ccc32)cc1. The summed E-state index contributed by atoms with van der Waals surface area (Å²) in [5.41, 5.74) is 0.261. The van der Waals surface area contributed by atoms with Gasteiger partial charge in [0.1, 0.15) is 13.8 Å². The van der Waals surface area contributed by atoms with E-state index in [9.17, 15) is 21.6 Å². The molecule has 0 bridgehead atoms. The van der Waals surface area contributed by atoms with Gasteiger partial charge in [-0.25, -0.2) is 0 Å². The summed E-state index contributed by atoms with van der Waals surface area (Å²) >= 11 is 0. The van der Waals surface area contributed by atoms with Gasteiger partial charge in [-0.2, -0.15) is 21.6 Å². The van der Waals surface area contributed by atoms with Crippen molar-refractivity contribution in [2.45, 2.75) is 25.1 Å². The molecule has 1 aromatic heterocycles. The molecule has 0 unspecified atom stereocenters. The molecule has 4 nitrogen and oxygen atoms in total. The first kappa shape index (κ1) is 21.0. The van der Waals surface area contributed by atoms with Crippen LogP contribution in [0.5, 0.6) is 5.75 Å². The molecule has 0 aliphatic carbocycles. The summed E-state index contributed by atoms with van der Waals surface area (Å²) in [6.45, 7) is 6.49. The van der Waals surface area contributed by atoms with Gasteiger partial charge in [0, 0.05) is 22.8 Å². The van der Waals surface area contributed by atoms with E-state index in [1.165, 1.54) is 18.2 Å². The molecule has 0 N–H and O–H groups in total. The Labute approximate surface area is 168 Å². The van der Waals surface area contributed by atoms with Gasteiger partial charge in [-0.3, -0.25) is 0 Å². The Hall–Kier alpha value is -2.70. The lowest BCUT2D eigenvalue weighted by Crippen LogP contribution is -2.28. The van der Waals surface area contributed by atoms with Gasteiger partial charge in [0.2, 0.25) is 0 Å². The van der Waals surface area contributed by atoms with Crippen LogP contribution in [0.4, 0.5) is 13.2 Å². The number of benzene rings is 2. The van der Waals surface area contributed by atoms with Crippen LogP contribution in [0.15, 0.2) is 54.7 Å². The molecular weight excluding hydrogens is 419 g/mol. The van der Waals surface area contributed by atoms with Crippen LogP contribution in [0.3, 0.4) is 0 Å². The molecule has 3 rings (SSSR count). The Morgan fingerprint density at radius 3 is 2.24 bits per heavy atom. The molecule has 152 valence electrons. The molecule has 0 fully saturated rings. The predicted octanol–water partition coefficient (Wildman–Crippen LogP) is 5.09. The maximum atomic E-state index is 12.5. The average molecular weight is 438 g/mol. The lowest BCUT2D eigenvalue weighted by molar-refractivity contribution is -0.0500. The smallest absolute Gasteiger partial charge is 0.376 e. The van der Waals surface area contributed by atoms with Crippen molar-refractivity contribution in [3.8, 4) is 22.9 Å².